The maximum atomic E-state index is 11.9. The summed E-state index contributed by atoms with van der Waals surface area (Å²) in [6.07, 6.45) is 0.923. The van der Waals surface area contributed by atoms with Crippen molar-refractivity contribution in [1.82, 2.24) is 4.90 Å². The van der Waals surface area contributed by atoms with E-state index in [2.05, 4.69) is 0 Å². The molecule has 0 aliphatic carbocycles. The van der Waals surface area contributed by atoms with Gasteiger partial charge in [0.25, 0.3) is 5.91 Å². The van der Waals surface area contributed by atoms with E-state index in [9.17, 15) is 9.59 Å². The molecule has 2 unspecified atom stereocenters. The molecule has 6 nitrogen and oxygen atoms in total. The third-order valence-electron chi connectivity index (χ3n) is 2.91. The lowest BCUT2D eigenvalue weighted by atomic mass is 9.97. The van der Waals surface area contributed by atoms with E-state index < -0.39 is 6.10 Å². The van der Waals surface area contributed by atoms with Gasteiger partial charge in [-0.3, -0.25) is 9.59 Å². The highest BCUT2D eigenvalue weighted by molar-refractivity contribution is 5.83. The molecule has 0 radical (unpaired) electrons. The average molecular weight is 229 g/mol. The number of carbonyl (C=O) groups is 2. The van der Waals surface area contributed by atoms with Crippen LogP contribution in [0.15, 0.2) is 0 Å². The summed E-state index contributed by atoms with van der Waals surface area (Å²) in [6.45, 7) is 1.17. The van der Waals surface area contributed by atoms with Gasteiger partial charge < -0.3 is 21.1 Å². The fourth-order valence-corrected chi connectivity index (χ4v) is 1.91. The molecule has 92 valence electrons. The van der Waals surface area contributed by atoms with E-state index >= 15 is 0 Å². The van der Waals surface area contributed by atoms with E-state index in [1.807, 2.05) is 0 Å². The van der Waals surface area contributed by atoms with Gasteiger partial charge in [-0.25, -0.2) is 0 Å². The highest BCUT2D eigenvalue weighted by atomic mass is 16.5. The molecule has 0 bridgehead atoms. The van der Waals surface area contributed by atoms with Gasteiger partial charge in [0, 0.05) is 26.7 Å². The molecular weight excluding hydrogens is 210 g/mol. The van der Waals surface area contributed by atoms with Crippen molar-refractivity contribution in [2.75, 3.05) is 26.7 Å². The fraction of sp³-hybridized carbons (Fsp3) is 0.800. The molecule has 0 saturated carbocycles. The normalized spacial score (nSPS) is 22.9. The summed E-state index contributed by atoms with van der Waals surface area (Å²) >= 11 is 0. The fourth-order valence-electron chi connectivity index (χ4n) is 1.91. The van der Waals surface area contributed by atoms with Crippen LogP contribution in [0.2, 0.25) is 0 Å². The van der Waals surface area contributed by atoms with Gasteiger partial charge in [-0.2, -0.15) is 0 Å². The molecule has 6 heteroatoms. The highest BCUT2D eigenvalue weighted by Crippen LogP contribution is 2.17. The van der Waals surface area contributed by atoms with Crippen molar-refractivity contribution in [3.63, 3.8) is 0 Å². The first-order chi connectivity index (χ1) is 7.60. The van der Waals surface area contributed by atoms with Crippen molar-refractivity contribution in [3.8, 4) is 0 Å². The number of hydrogen-bond donors (Lipinski definition) is 2. The number of hydrogen-bond acceptors (Lipinski definition) is 4. The molecule has 4 N–H and O–H groups in total. The molecule has 2 atom stereocenters. The number of methoxy groups -OCH3 is 1. The van der Waals surface area contributed by atoms with Crippen LogP contribution in [0.3, 0.4) is 0 Å². The van der Waals surface area contributed by atoms with Crippen molar-refractivity contribution >= 4 is 11.8 Å². The van der Waals surface area contributed by atoms with Crippen LogP contribution in [0.1, 0.15) is 12.8 Å². The maximum Gasteiger partial charge on any atom is 0.253 e. The zero-order valence-corrected chi connectivity index (χ0v) is 9.52. The number of piperidine rings is 1. The Hall–Kier alpha value is -1.14. The standard InChI is InChI=1S/C10H19N3O3/c1-16-8(5-11)10(15)13-4-2-3-7(6-13)9(12)14/h7-8H,2-6,11H2,1H3,(H2,12,14). The lowest BCUT2D eigenvalue weighted by Gasteiger charge is -2.33. The third kappa shape index (κ3) is 2.93. The molecule has 0 aromatic rings. The van der Waals surface area contributed by atoms with Crippen LogP contribution in [-0.2, 0) is 14.3 Å². The number of likely N-dealkylation sites (tertiary alicyclic amines) is 1. The van der Waals surface area contributed by atoms with Crippen molar-refractivity contribution in [2.45, 2.75) is 18.9 Å². The molecule has 1 fully saturated rings. The molecule has 1 rings (SSSR count). The number of rotatable bonds is 4. The van der Waals surface area contributed by atoms with Gasteiger partial charge in [0.1, 0.15) is 6.10 Å². The molecule has 1 aliphatic rings. The number of nitrogens with zero attached hydrogens (tertiary/aromatic N) is 1. The topological polar surface area (TPSA) is 98.7 Å². The van der Waals surface area contributed by atoms with Crippen molar-refractivity contribution in [2.24, 2.45) is 17.4 Å². The van der Waals surface area contributed by atoms with Crippen molar-refractivity contribution < 1.29 is 14.3 Å². The lowest BCUT2D eigenvalue weighted by molar-refractivity contribution is -0.144. The molecule has 2 amide bonds. The van der Waals surface area contributed by atoms with Crippen LogP contribution in [0.4, 0.5) is 0 Å². The Bertz CT molecular complexity index is 266. The van der Waals surface area contributed by atoms with E-state index in [0.29, 0.717) is 13.1 Å². The number of amides is 2. The van der Waals surface area contributed by atoms with Gasteiger partial charge >= 0.3 is 0 Å². The zero-order valence-electron chi connectivity index (χ0n) is 9.52. The molecule has 1 saturated heterocycles. The van der Waals surface area contributed by atoms with Crippen molar-refractivity contribution in [3.05, 3.63) is 0 Å². The number of carbonyl (C=O) groups excluding carboxylic acids is 2. The van der Waals surface area contributed by atoms with E-state index in [-0.39, 0.29) is 24.3 Å². The largest absolute Gasteiger partial charge is 0.370 e. The molecule has 1 aliphatic heterocycles. The minimum absolute atomic E-state index is 0.146. The SMILES string of the molecule is COC(CN)C(=O)N1CCCC(C(N)=O)C1. The summed E-state index contributed by atoms with van der Waals surface area (Å²) in [4.78, 5) is 24.6. The van der Waals surface area contributed by atoms with Crippen molar-refractivity contribution in [1.29, 1.82) is 0 Å². The molecule has 16 heavy (non-hydrogen) atoms. The van der Waals surface area contributed by atoms with Crippen LogP contribution < -0.4 is 11.5 Å². The van der Waals surface area contributed by atoms with E-state index in [1.54, 1.807) is 4.90 Å². The Labute approximate surface area is 94.9 Å². The second-order valence-corrected chi connectivity index (χ2v) is 3.99. The third-order valence-corrected chi connectivity index (χ3v) is 2.91. The second kappa shape index (κ2) is 5.81. The Morgan fingerprint density at radius 2 is 2.25 bits per heavy atom. The van der Waals surface area contributed by atoms with Gasteiger partial charge in [0.15, 0.2) is 0 Å². The summed E-state index contributed by atoms with van der Waals surface area (Å²) < 4.78 is 4.98. The van der Waals surface area contributed by atoms with Crippen LogP contribution in [0.25, 0.3) is 0 Å². The monoisotopic (exact) mass is 229 g/mol. The molecule has 0 aromatic carbocycles. The Balaban J connectivity index is 2.59. The zero-order chi connectivity index (χ0) is 12.1. The second-order valence-electron chi connectivity index (χ2n) is 3.99. The van der Waals surface area contributed by atoms with Gasteiger partial charge in [0.2, 0.25) is 5.91 Å². The summed E-state index contributed by atoms with van der Waals surface area (Å²) in [7, 11) is 1.45. The van der Waals surface area contributed by atoms with E-state index in [0.717, 1.165) is 12.8 Å². The van der Waals surface area contributed by atoms with Gasteiger partial charge in [0.05, 0.1) is 5.92 Å². The average Bonchev–Trinajstić information content (AvgIpc) is 2.30. The van der Waals surface area contributed by atoms with Crippen LogP contribution >= 0.6 is 0 Å². The molecular formula is C10H19N3O3. The minimum atomic E-state index is -0.619. The van der Waals surface area contributed by atoms with Crippen LogP contribution in [-0.4, -0.2) is 49.6 Å². The maximum absolute atomic E-state index is 11.9. The van der Waals surface area contributed by atoms with Gasteiger partial charge in [-0.15, -0.1) is 0 Å². The summed E-state index contributed by atoms with van der Waals surface area (Å²) in [5.74, 6) is -0.747. The predicted molar refractivity (Wildman–Crippen MR) is 58.3 cm³/mol. The number of nitrogens with two attached hydrogens (primary N) is 2. The smallest absolute Gasteiger partial charge is 0.253 e. The van der Waals surface area contributed by atoms with Crippen LogP contribution in [0, 0.1) is 5.92 Å². The Morgan fingerprint density at radius 1 is 1.56 bits per heavy atom. The first-order valence-corrected chi connectivity index (χ1v) is 5.41. The van der Waals surface area contributed by atoms with E-state index in [4.69, 9.17) is 16.2 Å². The van der Waals surface area contributed by atoms with Crippen LogP contribution in [0.5, 0.6) is 0 Å². The number of ether oxygens (including phenoxy) is 1. The summed E-state index contributed by atoms with van der Waals surface area (Å²) in [5, 5.41) is 0. The minimum Gasteiger partial charge on any atom is -0.370 e. The Morgan fingerprint density at radius 3 is 2.75 bits per heavy atom. The summed E-state index contributed by atoms with van der Waals surface area (Å²) in [6, 6.07) is 0. The van der Waals surface area contributed by atoms with Gasteiger partial charge in [-0.05, 0) is 12.8 Å². The number of primary amides is 1. The molecule has 0 aromatic heterocycles. The summed E-state index contributed by atoms with van der Waals surface area (Å²) in [5.41, 5.74) is 10.7. The molecule has 0 spiro atoms. The Kier molecular flexibility index (Phi) is 4.70. The first kappa shape index (κ1) is 12.9. The lowest BCUT2D eigenvalue weighted by Crippen LogP contribution is -2.49. The van der Waals surface area contributed by atoms with E-state index in [1.165, 1.54) is 7.11 Å². The first-order valence-electron chi connectivity index (χ1n) is 5.41. The predicted octanol–water partition coefficient (Wildman–Crippen LogP) is -1.32. The molecule has 1 heterocycles. The quantitative estimate of drug-likeness (QED) is 0.625. The van der Waals surface area contributed by atoms with Gasteiger partial charge in [-0.1, -0.05) is 0 Å². The highest BCUT2D eigenvalue weighted by Gasteiger charge is 2.30.